The molecular weight excluding hydrogens is 261 g/mol. The van der Waals surface area contributed by atoms with Crippen molar-refractivity contribution in [2.75, 3.05) is 18.0 Å². The van der Waals surface area contributed by atoms with Crippen molar-refractivity contribution in [3.63, 3.8) is 0 Å². The molecule has 1 saturated heterocycles. The molecule has 1 aromatic rings. The summed E-state index contributed by atoms with van der Waals surface area (Å²) >= 11 is 9.63. The highest BCUT2D eigenvalue weighted by Crippen LogP contribution is 2.34. The lowest BCUT2D eigenvalue weighted by atomic mass is 10.2. The van der Waals surface area contributed by atoms with Crippen LogP contribution >= 0.6 is 27.5 Å². The monoisotopic (exact) mass is 273 g/mol. The minimum Gasteiger partial charge on any atom is -0.371 e. The second-order valence-corrected chi connectivity index (χ2v) is 4.93. The number of anilines is 1. The van der Waals surface area contributed by atoms with Crippen LogP contribution in [0.2, 0.25) is 5.02 Å². The zero-order valence-corrected chi connectivity index (χ0v) is 10.5. The smallest absolute Gasteiger partial charge is 0.0597 e. The fourth-order valence-corrected chi connectivity index (χ4v) is 2.53. The molecule has 0 bridgehead atoms. The summed E-state index contributed by atoms with van der Waals surface area (Å²) in [6, 6.07) is 4.18. The number of rotatable bonds is 1. The summed E-state index contributed by atoms with van der Waals surface area (Å²) in [4.78, 5) is 2.41. The molecular formula is C11H13BrClN. The molecule has 2 rings (SSSR count). The van der Waals surface area contributed by atoms with Gasteiger partial charge in [-0.05, 0) is 53.4 Å². The fourth-order valence-electron chi connectivity index (χ4n) is 1.94. The fraction of sp³-hybridized carbons (Fsp3) is 0.455. The van der Waals surface area contributed by atoms with E-state index in [4.69, 9.17) is 11.6 Å². The lowest BCUT2D eigenvalue weighted by molar-refractivity contribution is 0.949. The second kappa shape index (κ2) is 4.11. The summed E-state index contributed by atoms with van der Waals surface area (Å²) in [5.74, 6) is 0. The van der Waals surface area contributed by atoms with Gasteiger partial charge in [0.05, 0.1) is 5.02 Å². The van der Waals surface area contributed by atoms with Gasteiger partial charge >= 0.3 is 0 Å². The van der Waals surface area contributed by atoms with Crippen LogP contribution in [0, 0.1) is 6.92 Å². The zero-order valence-electron chi connectivity index (χ0n) is 8.19. The van der Waals surface area contributed by atoms with Crippen molar-refractivity contribution in [2.24, 2.45) is 0 Å². The number of hydrogen-bond acceptors (Lipinski definition) is 1. The first-order chi connectivity index (χ1) is 6.70. The lowest BCUT2D eigenvalue weighted by Gasteiger charge is -2.21. The summed E-state index contributed by atoms with van der Waals surface area (Å²) in [6.07, 6.45) is 2.60. The van der Waals surface area contributed by atoms with E-state index in [2.05, 4.69) is 33.8 Å². The Morgan fingerprint density at radius 3 is 2.57 bits per heavy atom. The van der Waals surface area contributed by atoms with Crippen molar-refractivity contribution in [2.45, 2.75) is 19.8 Å². The molecule has 0 aliphatic carbocycles. The Bertz CT molecular complexity index is 345. The molecule has 3 heteroatoms. The average molecular weight is 275 g/mol. The van der Waals surface area contributed by atoms with Gasteiger partial charge in [-0.1, -0.05) is 11.6 Å². The highest BCUT2D eigenvalue weighted by molar-refractivity contribution is 9.10. The quantitative estimate of drug-likeness (QED) is 0.748. The molecule has 0 unspecified atom stereocenters. The van der Waals surface area contributed by atoms with Gasteiger partial charge in [-0.25, -0.2) is 0 Å². The molecule has 0 amide bonds. The maximum atomic E-state index is 6.19. The minimum absolute atomic E-state index is 0.842. The lowest BCUT2D eigenvalue weighted by Crippen LogP contribution is -2.18. The van der Waals surface area contributed by atoms with Crippen LogP contribution in [0.4, 0.5) is 5.69 Å². The van der Waals surface area contributed by atoms with Crippen molar-refractivity contribution in [1.82, 2.24) is 0 Å². The van der Waals surface area contributed by atoms with Gasteiger partial charge in [0.1, 0.15) is 0 Å². The summed E-state index contributed by atoms with van der Waals surface area (Å²) in [7, 11) is 0. The molecule has 0 saturated carbocycles. The molecule has 76 valence electrons. The van der Waals surface area contributed by atoms with Gasteiger partial charge < -0.3 is 4.90 Å². The third kappa shape index (κ3) is 1.78. The maximum Gasteiger partial charge on any atom is 0.0597 e. The van der Waals surface area contributed by atoms with Crippen LogP contribution in [0.1, 0.15) is 18.4 Å². The molecule has 1 aromatic carbocycles. The van der Waals surface area contributed by atoms with Crippen LogP contribution in [-0.2, 0) is 0 Å². The molecule has 14 heavy (non-hydrogen) atoms. The number of nitrogens with zero attached hydrogens (tertiary/aromatic N) is 1. The SMILES string of the molecule is Cc1c(N2CCCC2)ccc(Br)c1Cl. The van der Waals surface area contributed by atoms with Gasteiger partial charge in [0.25, 0.3) is 0 Å². The molecule has 1 aliphatic rings. The normalized spacial score (nSPS) is 16.4. The van der Waals surface area contributed by atoms with E-state index in [1.165, 1.54) is 37.2 Å². The van der Waals surface area contributed by atoms with Crippen LogP contribution < -0.4 is 4.90 Å². The van der Waals surface area contributed by atoms with E-state index in [0.717, 1.165) is 9.50 Å². The highest BCUT2D eigenvalue weighted by Gasteiger charge is 2.16. The highest BCUT2D eigenvalue weighted by atomic mass is 79.9. The Labute approximate surface area is 98.2 Å². The van der Waals surface area contributed by atoms with E-state index in [9.17, 15) is 0 Å². The summed E-state index contributed by atoms with van der Waals surface area (Å²) in [5, 5.41) is 0.842. The van der Waals surface area contributed by atoms with Crippen molar-refractivity contribution >= 4 is 33.2 Å². The predicted molar refractivity (Wildman–Crippen MR) is 65.3 cm³/mol. The van der Waals surface area contributed by atoms with E-state index >= 15 is 0 Å². The topological polar surface area (TPSA) is 3.24 Å². The third-order valence-corrected chi connectivity index (χ3v) is 4.13. The Morgan fingerprint density at radius 1 is 1.29 bits per heavy atom. The number of benzene rings is 1. The van der Waals surface area contributed by atoms with Crippen LogP contribution in [0.15, 0.2) is 16.6 Å². The zero-order chi connectivity index (χ0) is 10.1. The van der Waals surface area contributed by atoms with Crippen LogP contribution in [0.5, 0.6) is 0 Å². The maximum absolute atomic E-state index is 6.19. The van der Waals surface area contributed by atoms with Gasteiger partial charge in [-0.2, -0.15) is 0 Å². The molecule has 0 spiro atoms. The van der Waals surface area contributed by atoms with E-state index < -0.39 is 0 Å². The van der Waals surface area contributed by atoms with E-state index in [1.54, 1.807) is 0 Å². The van der Waals surface area contributed by atoms with Crippen LogP contribution in [-0.4, -0.2) is 13.1 Å². The molecule has 0 N–H and O–H groups in total. The van der Waals surface area contributed by atoms with Gasteiger partial charge in [-0.3, -0.25) is 0 Å². The molecule has 0 radical (unpaired) electrons. The first-order valence-electron chi connectivity index (χ1n) is 4.89. The first kappa shape index (κ1) is 10.3. The Balaban J connectivity index is 2.38. The summed E-state index contributed by atoms with van der Waals surface area (Å²) in [6.45, 7) is 4.42. The predicted octanol–water partition coefficient (Wildman–Crippen LogP) is 4.01. The van der Waals surface area contributed by atoms with Crippen molar-refractivity contribution in [1.29, 1.82) is 0 Å². The van der Waals surface area contributed by atoms with Gasteiger partial charge in [0.2, 0.25) is 0 Å². The second-order valence-electron chi connectivity index (χ2n) is 3.70. The Kier molecular flexibility index (Phi) is 3.03. The van der Waals surface area contributed by atoms with Crippen LogP contribution in [0.25, 0.3) is 0 Å². The average Bonchev–Trinajstić information content (AvgIpc) is 2.67. The minimum atomic E-state index is 0.842. The van der Waals surface area contributed by atoms with Gasteiger partial charge in [0, 0.05) is 23.2 Å². The van der Waals surface area contributed by atoms with Gasteiger partial charge in [0.15, 0.2) is 0 Å². The summed E-state index contributed by atoms with van der Waals surface area (Å²) in [5.41, 5.74) is 2.47. The standard InChI is InChI=1S/C11H13BrClN/c1-8-10(14-6-2-3-7-14)5-4-9(12)11(8)13/h4-5H,2-3,6-7H2,1H3. The van der Waals surface area contributed by atoms with E-state index in [1.807, 2.05) is 6.07 Å². The molecule has 1 nitrogen and oxygen atoms in total. The Hall–Kier alpha value is -0.210. The molecule has 0 aromatic heterocycles. The van der Waals surface area contributed by atoms with Crippen molar-refractivity contribution in [3.05, 3.63) is 27.2 Å². The molecule has 1 heterocycles. The van der Waals surface area contributed by atoms with Crippen LogP contribution in [0.3, 0.4) is 0 Å². The first-order valence-corrected chi connectivity index (χ1v) is 6.07. The molecule has 1 fully saturated rings. The Morgan fingerprint density at radius 2 is 1.93 bits per heavy atom. The van der Waals surface area contributed by atoms with Crippen molar-refractivity contribution in [3.8, 4) is 0 Å². The largest absolute Gasteiger partial charge is 0.371 e. The van der Waals surface area contributed by atoms with Crippen molar-refractivity contribution < 1.29 is 0 Å². The molecule has 0 atom stereocenters. The van der Waals surface area contributed by atoms with Gasteiger partial charge in [-0.15, -0.1) is 0 Å². The van der Waals surface area contributed by atoms with E-state index in [-0.39, 0.29) is 0 Å². The third-order valence-electron chi connectivity index (χ3n) is 2.76. The summed E-state index contributed by atoms with van der Waals surface area (Å²) < 4.78 is 0.986. The molecule has 1 aliphatic heterocycles. The van der Waals surface area contributed by atoms with E-state index in [0.29, 0.717) is 0 Å². The number of hydrogen-bond donors (Lipinski definition) is 0. The number of halogens is 2.